The Hall–Kier alpha value is -0.0800. The molecule has 0 spiro atoms. The van der Waals surface area contributed by atoms with Crippen LogP contribution in [0.4, 0.5) is 0 Å². The molecule has 2 heteroatoms. The summed E-state index contributed by atoms with van der Waals surface area (Å²) in [5.74, 6) is 2.30. The first-order valence-corrected chi connectivity index (χ1v) is 8.22. The Morgan fingerprint density at radius 3 is 2.37 bits per heavy atom. The van der Waals surface area contributed by atoms with Crippen molar-refractivity contribution in [3.8, 4) is 0 Å². The largest absolute Gasteiger partial charge is 0.330 e. The zero-order valence-electron chi connectivity index (χ0n) is 14.1. The molecular weight excluding hydrogens is 232 g/mol. The molecule has 2 N–H and O–H groups in total. The summed E-state index contributed by atoms with van der Waals surface area (Å²) in [4.78, 5) is 2.58. The minimum absolute atomic E-state index is 0.483. The van der Waals surface area contributed by atoms with Gasteiger partial charge in [-0.25, -0.2) is 0 Å². The molecule has 1 rings (SSSR count). The van der Waals surface area contributed by atoms with Crippen LogP contribution < -0.4 is 5.73 Å². The Kier molecular flexibility index (Phi) is 6.32. The van der Waals surface area contributed by atoms with Crippen LogP contribution in [0.2, 0.25) is 0 Å². The maximum Gasteiger partial charge on any atom is 0.0135 e. The summed E-state index contributed by atoms with van der Waals surface area (Å²) < 4.78 is 0. The molecule has 0 bridgehead atoms. The van der Waals surface area contributed by atoms with Crippen LogP contribution in [-0.2, 0) is 0 Å². The first-order valence-electron chi connectivity index (χ1n) is 8.22. The molecule has 0 aromatic rings. The SMILES string of the molecule is CCC(C)(C)C1CCC(CN)C(N(C)CC(C)C)C1. The summed E-state index contributed by atoms with van der Waals surface area (Å²) >= 11 is 0. The van der Waals surface area contributed by atoms with Crippen LogP contribution in [0.1, 0.15) is 60.3 Å². The summed E-state index contributed by atoms with van der Waals surface area (Å²) in [7, 11) is 2.30. The van der Waals surface area contributed by atoms with Crippen LogP contribution >= 0.6 is 0 Å². The molecule has 0 radical (unpaired) electrons. The van der Waals surface area contributed by atoms with Crippen molar-refractivity contribution in [2.45, 2.75) is 66.3 Å². The monoisotopic (exact) mass is 268 g/mol. The molecule has 1 fully saturated rings. The summed E-state index contributed by atoms with van der Waals surface area (Å²) in [5.41, 5.74) is 6.51. The van der Waals surface area contributed by atoms with E-state index in [0.29, 0.717) is 17.4 Å². The second kappa shape index (κ2) is 7.08. The molecule has 1 aliphatic rings. The molecule has 3 unspecified atom stereocenters. The third kappa shape index (κ3) is 4.46. The molecule has 0 aromatic carbocycles. The van der Waals surface area contributed by atoms with Crippen molar-refractivity contribution >= 4 is 0 Å². The minimum Gasteiger partial charge on any atom is -0.330 e. The van der Waals surface area contributed by atoms with E-state index in [1.165, 1.54) is 32.2 Å². The molecule has 1 aliphatic carbocycles. The fraction of sp³-hybridized carbons (Fsp3) is 1.00. The second-order valence-corrected chi connectivity index (χ2v) is 7.75. The van der Waals surface area contributed by atoms with Gasteiger partial charge in [0.15, 0.2) is 0 Å². The van der Waals surface area contributed by atoms with Crippen LogP contribution in [0.5, 0.6) is 0 Å². The van der Waals surface area contributed by atoms with Crippen LogP contribution in [0.3, 0.4) is 0 Å². The highest BCUT2D eigenvalue weighted by atomic mass is 15.1. The van der Waals surface area contributed by atoms with Gasteiger partial charge in [-0.15, -0.1) is 0 Å². The van der Waals surface area contributed by atoms with Crippen molar-refractivity contribution < 1.29 is 0 Å². The molecule has 1 saturated carbocycles. The first kappa shape index (κ1) is 17.0. The van der Waals surface area contributed by atoms with Crippen molar-refractivity contribution in [2.24, 2.45) is 28.9 Å². The van der Waals surface area contributed by atoms with Crippen molar-refractivity contribution in [2.75, 3.05) is 20.1 Å². The van der Waals surface area contributed by atoms with Gasteiger partial charge >= 0.3 is 0 Å². The Morgan fingerprint density at radius 1 is 1.26 bits per heavy atom. The highest BCUT2D eigenvalue weighted by Crippen LogP contribution is 2.43. The molecule has 0 heterocycles. The summed E-state index contributed by atoms with van der Waals surface area (Å²) in [5, 5.41) is 0. The lowest BCUT2D eigenvalue weighted by molar-refractivity contribution is 0.0454. The Bertz CT molecular complexity index is 260. The number of nitrogens with two attached hydrogens (primary N) is 1. The van der Waals surface area contributed by atoms with E-state index >= 15 is 0 Å². The van der Waals surface area contributed by atoms with Crippen molar-refractivity contribution in [3.05, 3.63) is 0 Å². The highest BCUT2D eigenvalue weighted by Gasteiger charge is 2.38. The van der Waals surface area contributed by atoms with E-state index in [4.69, 9.17) is 5.73 Å². The Labute approximate surface area is 121 Å². The molecule has 0 saturated heterocycles. The van der Waals surface area contributed by atoms with E-state index in [-0.39, 0.29) is 0 Å². The van der Waals surface area contributed by atoms with E-state index in [1.54, 1.807) is 0 Å². The van der Waals surface area contributed by atoms with E-state index in [2.05, 4.69) is 46.6 Å². The van der Waals surface area contributed by atoms with Crippen molar-refractivity contribution in [3.63, 3.8) is 0 Å². The summed E-state index contributed by atoms with van der Waals surface area (Å²) in [6, 6.07) is 0.692. The van der Waals surface area contributed by atoms with Crippen LogP contribution in [0, 0.1) is 23.2 Å². The van der Waals surface area contributed by atoms with Crippen molar-refractivity contribution in [1.29, 1.82) is 0 Å². The van der Waals surface area contributed by atoms with E-state index in [0.717, 1.165) is 18.4 Å². The van der Waals surface area contributed by atoms with E-state index < -0.39 is 0 Å². The third-order valence-electron chi connectivity index (χ3n) is 5.49. The van der Waals surface area contributed by atoms with Crippen molar-refractivity contribution in [1.82, 2.24) is 4.90 Å². The first-order chi connectivity index (χ1) is 8.81. The standard InChI is InChI=1S/C17H36N2/c1-7-17(4,5)15-9-8-14(11-18)16(10-15)19(6)12-13(2)3/h13-16H,7-12,18H2,1-6H3. The quantitative estimate of drug-likeness (QED) is 0.795. The normalized spacial score (nSPS) is 29.2. The molecule has 0 aliphatic heterocycles. The topological polar surface area (TPSA) is 29.3 Å². The fourth-order valence-corrected chi connectivity index (χ4v) is 3.73. The van der Waals surface area contributed by atoms with Gasteiger partial charge in [0.05, 0.1) is 0 Å². The number of nitrogens with zero attached hydrogens (tertiary/aromatic N) is 1. The predicted octanol–water partition coefficient (Wildman–Crippen LogP) is 3.75. The van der Waals surface area contributed by atoms with Gasteiger partial charge in [0, 0.05) is 12.6 Å². The van der Waals surface area contributed by atoms with E-state index in [1.807, 2.05) is 0 Å². The van der Waals surface area contributed by atoms with Gasteiger partial charge in [0.2, 0.25) is 0 Å². The number of hydrogen-bond donors (Lipinski definition) is 1. The van der Waals surface area contributed by atoms with E-state index in [9.17, 15) is 0 Å². The minimum atomic E-state index is 0.483. The van der Waals surface area contributed by atoms with Gasteiger partial charge in [0.25, 0.3) is 0 Å². The molecule has 114 valence electrons. The third-order valence-corrected chi connectivity index (χ3v) is 5.49. The smallest absolute Gasteiger partial charge is 0.0135 e. The molecule has 0 amide bonds. The zero-order chi connectivity index (χ0) is 14.6. The maximum atomic E-state index is 6.02. The Morgan fingerprint density at radius 2 is 1.89 bits per heavy atom. The lowest BCUT2D eigenvalue weighted by Gasteiger charge is -2.46. The number of hydrogen-bond acceptors (Lipinski definition) is 2. The van der Waals surface area contributed by atoms with Gasteiger partial charge in [-0.2, -0.15) is 0 Å². The Balaban J connectivity index is 2.73. The summed E-state index contributed by atoms with van der Waals surface area (Å²) in [6.07, 6.45) is 5.31. The predicted molar refractivity (Wildman–Crippen MR) is 85.2 cm³/mol. The average molecular weight is 268 g/mol. The molecule has 2 nitrogen and oxygen atoms in total. The van der Waals surface area contributed by atoms with Gasteiger partial charge in [-0.1, -0.05) is 41.0 Å². The van der Waals surface area contributed by atoms with Gasteiger partial charge in [0.1, 0.15) is 0 Å². The molecular formula is C17H36N2. The van der Waals surface area contributed by atoms with Crippen LogP contribution in [0.25, 0.3) is 0 Å². The average Bonchev–Trinajstić information content (AvgIpc) is 2.37. The van der Waals surface area contributed by atoms with Gasteiger partial charge in [-0.3, -0.25) is 0 Å². The molecule has 0 aromatic heterocycles. The zero-order valence-corrected chi connectivity index (χ0v) is 14.1. The number of rotatable bonds is 6. The van der Waals surface area contributed by atoms with Gasteiger partial charge < -0.3 is 10.6 Å². The lowest BCUT2D eigenvalue weighted by atomic mass is 9.65. The summed E-state index contributed by atoms with van der Waals surface area (Å²) in [6.45, 7) is 13.9. The molecule has 19 heavy (non-hydrogen) atoms. The van der Waals surface area contributed by atoms with Crippen LogP contribution in [0.15, 0.2) is 0 Å². The van der Waals surface area contributed by atoms with Gasteiger partial charge in [-0.05, 0) is 56.0 Å². The lowest BCUT2D eigenvalue weighted by Crippen LogP contribution is -2.48. The fourth-order valence-electron chi connectivity index (χ4n) is 3.73. The van der Waals surface area contributed by atoms with Crippen LogP contribution in [-0.4, -0.2) is 31.1 Å². The highest BCUT2D eigenvalue weighted by molar-refractivity contribution is 4.91. The maximum absolute atomic E-state index is 6.02. The molecule has 3 atom stereocenters. The second-order valence-electron chi connectivity index (χ2n) is 7.75.